The minimum Gasteiger partial charge on any atom is -0.481 e. The number of carboxylic acid groups (broad SMARTS) is 2. The maximum absolute atomic E-state index is 12.0. The molecule has 0 aliphatic rings. The lowest BCUT2D eigenvalue weighted by Crippen LogP contribution is -2.47. The first kappa shape index (κ1) is 28.3. The SMILES string of the molecule is CC(C)(C)OC(=O)N[C@@H](CC(C(=O)O)C(CCOCc1ccccc1)OS(C)(=O)=O)C(=O)O. The molecule has 11 nitrogen and oxygen atoms in total. The van der Waals surface area contributed by atoms with Crippen molar-refractivity contribution in [2.24, 2.45) is 5.92 Å². The Labute approximate surface area is 193 Å². The Morgan fingerprint density at radius 2 is 1.67 bits per heavy atom. The highest BCUT2D eigenvalue weighted by atomic mass is 32.2. The van der Waals surface area contributed by atoms with Crippen molar-refractivity contribution < 1.29 is 46.7 Å². The van der Waals surface area contributed by atoms with Crippen LogP contribution in [0.25, 0.3) is 0 Å². The first-order valence-corrected chi connectivity index (χ1v) is 11.9. The summed E-state index contributed by atoms with van der Waals surface area (Å²) in [6.45, 7) is 4.90. The van der Waals surface area contributed by atoms with Crippen LogP contribution in [0.5, 0.6) is 0 Å². The number of nitrogens with one attached hydrogen (secondary N) is 1. The Bertz CT molecular complexity index is 895. The molecule has 0 bridgehead atoms. The Morgan fingerprint density at radius 3 is 2.15 bits per heavy atom. The molecule has 12 heteroatoms. The molecule has 1 aromatic rings. The summed E-state index contributed by atoms with van der Waals surface area (Å²) in [5.74, 6) is -4.56. The van der Waals surface area contributed by atoms with Crippen LogP contribution >= 0.6 is 0 Å². The van der Waals surface area contributed by atoms with Crippen molar-refractivity contribution in [3.63, 3.8) is 0 Å². The summed E-state index contributed by atoms with van der Waals surface area (Å²) in [4.78, 5) is 35.5. The number of amides is 1. The number of alkyl carbamates (subject to hydrolysis) is 1. The number of carbonyl (C=O) groups excluding carboxylic acids is 1. The normalized spacial score (nSPS) is 14.7. The third-order valence-electron chi connectivity index (χ3n) is 4.20. The van der Waals surface area contributed by atoms with E-state index in [0.29, 0.717) is 0 Å². The number of hydrogen-bond donors (Lipinski definition) is 3. The van der Waals surface area contributed by atoms with Gasteiger partial charge in [0.05, 0.1) is 24.9 Å². The highest BCUT2D eigenvalue weighted by Gasteiger charge is 2.37. The first-order valence-electron chi connectivity index (χ1n) is 10.1. The summed E-state index contributed by atoms with van der Waals surface area (Å²) in [6, 6.07) is 7.46. The van der Waals surface area contributed by atoms with E-state index < -0.39 is 58.2 Å². The molecule has 0 fully saturated rings. The second-order valence-corrected chi connectivity index (χ2v) is 9.98. The van der Waals surface area contributed by atoms with Gasteiger partial charge in [-0.25, -0.2) is 9.59 Å². The van der Waals surface area contributed by atoms with Gasteiger partial charge in [0.25, 0.3) is 10.1 Å². The molecule has 1 amide bonds. The molecule has 0 aromatic heterocycles. The minimum absolute atomic E-state index is 0.0455. The third kappa shape index (κ3) is 12.2. The molecule has 33 heavy (non-hydrogen) atoms. The zero-order valence-corrected chi connectivity index (χ0v) is 19.8. The Balaban J connectivity index is 2.92. The molecule has 3 N–H and O–H groups in total. The zero-order chi connectivity index (χ0) is 25.2. The van der Waals surface area contributed by atoms with Crippen molar-refractivity contribution in [3.8, 4) is 0 Å². The van der Waals surface area contributed by atoms with E-state index >= 15 is 0 Å². The predicted molar refractivity (Wildman–Crippen MR) is 117 cm³/mol. The fourth-order valence-corrected chi connectivity index (χ4v) is 3.52. The number of carbonyl (C=O) groups is 3. The van der Waals surface area contributed by atoms with E-state index in [2.05, 4.69) is 5.32 Å². The molecule has 1 rings (SSSR count). The van der Waals surface area contributed by atoms with Crippen LogP contribution in [0.15, 0.2) is 30.3 Å². The van der Waals surface area contributed by atoms with E-state index in [1.54, 1.807) is 20.8 Å². The molecule has 2 unspecified atom stereocenters. The van der Waals surface area contributed by atoms with Gasteiger partial charge in [-0.05, 0) is 39.2 Å². The van der Waals surface area contributed by atoms with Crippen LogP contribution in [0.4, 0.5) is 4.79 Å². The molecule has 0 aliphatic carbocycles. The molecular formula is C21H31NO10S. The van der Waals surface area contributed by atoms with Crippen molar-refractivity contribution >= 4 is 28.1 Å². The van der Waals surface area contributed by atoms with Crippen molar-refractivity contribution in [1.82, 2.24) is 5.32 Å². The summed E-state index contributed by atoms with van der Waals surface area (Å²) >= 11 is 0. The van der Waals surface area contributed by atoms with Gasteiger partial charge in [-0.1, -0.05) is 30.3 Å². The van der Waals surface area contributed by atoms with Crippen LogP contribution in [-0.2, 0) is 40.0 Å². The average Bonchev–Trinajstić information content (AvgIpc) is 2.65. The van der Waals surface area contributed by atoms with Gasteiger partial charge >= 0.3 is 18.0 Å². The van der Waals surface area contributed by atoms with Crippen molar-refractivity contribution in [2.45, 2.75) is 58.0 Å². The molecule has 0 radical (unpaired) electrons. The van der Waals surface area contributed by atoms with Gasteiger partial charge in [0.1, 0.15) is 11.6 Å². The second kappa shape index (κ2) is 12.5. The molecule has 3 atom stereocenters. The maximum Gasteiger partial charge on any atom is 0.408 e. The van der Waals surface area contributed by atoms with Crippen LogP contribution in [0.1, 0.15) is 39.2 Å². The molecule has 0 aliphatic heterocycles. The van der Waals surface area contributed by atoms with Crippen molar-refractivity contribution in [1.29, 1.82) is 0 Å². The second-order valence-electron chi connectivity index (χ2n) is 8.38. The van der Waals surface area contributed by atoms with Gasteiger partial charge in [0, 0.05) is 6.61 Å². The summed E-state index contributed by atoms with van der Waals surface area (Å²) in [5, 5.41) is 21.2. The zero-order valence-electron chi connectivity index (χ0n) is 19.0. The average molecular weight is 490 g/mol. The van der Waals surface area contributed by atoms with E-state index in [0.717, 1.165) is 11.8 Å². The molecule has 0 saturated carbocycles. The lowest BCUT2D eigenvalue weighted by atomic mass is 9.92. The summed E-state index contributed by atoms with van der Waals surface area (Å²) in [7, 11) is -4.07. The molecule has 0 heterocycles. The van der Waals surface area contributed by atoms with Crippen LogP contribution in [0, 0.1) is 5.92 Å². The topological polar surface area (TPSA) is 166 Å². The van der Waals surface area contributed by atoms with Gasteiger partial charge in [-0.2, -0.15) is 8.42 Å². The Morgan fingerprint density at radius 1 is 1.06 bits per heavy atom. The quantitative estimate of drug-likeness (QED) is 0.275. The molecule has 0 saturated heterocycles. The van der Waals surface area contributed by atoms with E-state index in [-0.39, 0.29) is 19.6 Å². The molecule has 1 aromatic carbocycles. The van der Waals surface area contributed by atoms with E-state index in [9.17, 15) is 33.0 Å². The highest BCUT2D eigenvalue weighted by molar-refractivity contribution is 7.86. The Kier molecular flexibility index (Phi) is 10.7. The van der Waals surface area contributed by atoms with Gasteiger partial charge < -0.3 is 25.0 Å². The number of ether oxygens (including phenoxy) is 2. The lowest BCUT2D eigenvalue weighted by Gasteiger charge is -2.27. The summed E-state index contributed by atoms with van der Waals surface area (Å²) in [5.41, 5.74) is -0.0439. The monoisotopic (exact) mass is 489 g/mol. The van der Waals surface area contributed by atoms with Crippen LogP contribution in [0.2, 0.25) is 0 Å². The van der Waals surface area contributed by atoms with E-state index in [1.807, 2.05) is 30.3 Å². The fraction of sp³-hybridized carbons (Fsp3) is 0.571. The number of hydrogen-bond acceptors (Lipinski definition) is 8. The molecular weight excluding hydrogens is 458 g/mol. The third-order valence-corrected chi connectivity index (χ3v) is 4.80. The number of carboxylic acids is 2. The largest absolute Gasteiger partial charge is 0.481 e. The van der Waals surface area contributed by atoms with Crippen LogP contribution in [0.3, 0.4) is 0 Å². The Hall–Kier alpha value is -2.70. The number of rotatable bonds is 13. The smallest absolute Gasteiger partial charge is 0.408 e. The van der Waals surface area contributed by atoms with Gasteiger partial charge in [-0.3, -0.25) is 8.98 Å². The lowest BCUT2D eigenvalue weighted by molar-refractivity contribution is -0.147. The number of benzene rings is 1. The van der Waals surface area contributed by atoms with Crippen LogP contribution in [-0.4, -0.2) is 67.3 Å². The van der Waals surface area contributed by atoms with Gasteiger partial charge in [0.15, 0.2) is 0 Å². The minimum atomic E-state index is -4.07. The molecule has 0 spiro atoms. The van der Waals surface area contributed by atoms with E-state index in [1.165, 1.54) is 0 Å². The molecule has 186 valence electrons. The number of aliphatic carboxylic acids is 2. The maximum atomic E-state index is 12.0. The first-order chi connectivity index (χ1) is 15.2. The standard InChI is InChI=1S/C21H31NO10S/c1-21(2,3)31-20(27)22-16(19(25)26)12-15(18(23)24)17(32-33(4,28)29)10-11-30-13-14-8-6-5-7-9-14/h5-9,15-17H,10-13H2,1-4H3,(H,22,27)(H,23,24)(H,25,26)/t15?,16-,17?/m0/s1. The van der Waals surface area contributed by atoms with Gasteiger partial charge in [-0.15, -0.1) is 0 Å². The highest BCUT2D eigenvalue weighted by Crippen LogP contribution is 2.21. The van der Waals surface area contributed by atoms with Gasteiger partial charge in [0.2, 0.25) is 0 Å². The van der Waals surface area contributed by atoms with Crippen LogP contribution < -0.4 is 5.32 Å². The predicted octanol–water partition coefficient (Wildman–Crippen LogP) is 2.01. The van der Waals surface area contributed by atoms with E-state index in [4.69, 9.17) is 13.7 Å². The summed E-state index contributed by atoms with van der Waals surface area (Å²) < 4.78 is 38.9. The van der Waals surface area contributed by atoms with Crippen molar-refractivity contribution in [3.05, 3.63) is 35.9 Å². The van der Waals surface area contributed by atoms with Crippen molar-refractivity contribution in [2.75, 3.05) is 12.9 Å². The summed E-state index contributed by atoms with van der Waals surface area (Å²) in [6.07, 6.45) is -2.49. The fourth-order valence-electron chi connectivity index (χ4n) is 2.84.